The zero-order valence-electron chi connectivity index (χ0n) is 18.7. The van der Waals surface area contributed by atoms with Crippen molar-refractivity contribution in [1.29, 1.82) is 0 Å². The smallest absolute Gasteiger partial charge is 0.271 e. The molecule has 5 rings (SSSR count). The summed E-state index contributed by atoms with van der Waals surface area (Å²) in [6, 6.07) is 24.3. The molecule has 0 spiro atoms. The summed E-state index contributed by atoms with van der Waals surface area (Å²) in [7, 11) is 0. The highest BCUT2D eigenvalue weighted by atomic mass is 35.5. The quantitative estimate of drug-likeness (QED) is 0.422. The summed E-state index contributed by atoms with van der Waals surface area (Å²) in [6.07, 6.45) is 1.60. The first-order chi connectivity index (χ1) is 16.5. The van der Waals surface area contributed by atoms with Crippen molar-refractivity contribution >= 4 is 23.4 Å². The number of halogens is 1. The SMILES string of the molecule is C[C@]1(C(=O)NCc2ccccc2)Cn2c(ccc2-c2ccco2)C(=O)N1Cc1ccc(Cl)cc1. The van der Waals surface area contributed by atoms with Crippen LogP contribution < -0.4 is 5.32 Å². The topological polar surface area (TPSA) is 67.5 Å². The molecule has 2 aromatic carbocycles. The molecule has 0 radical (unpaired) electrons. The average molecular weight is 474 g/mol. The van der Waals surface area contributed by atoms with Gasteiger partial charge in [0.1, 0.15) is 17.0 Å². The first kappa shape index (κ1) is 22.0. The van der Waals surface area contributed by atoms with Gasteiger partial charge in [0.05, 0.1) is 18.5 Å². The van der Waals surface area contributed by atoms with E-state index in [1.807, 2.05) is 66.1 Å². The third kappa shape index (κ3) is 4.01. The van der Waals surface area contributed by atoms with Crippen molar-refractivity contribution in [1.82, 2.24) is 14.8 Å². The predicted molar refractivity (Wildman–Crippen MR) is 130 cm³/mol. The van der Waals surface area contributed by atoms with E-state index in [4.69, 9.17) is 16.0 Å². The van der Waals surface area contributed by atoms with Gasteiger partial charge in [-0.3, -0.25) is 9.59 Å². The molecule has 1 atom stereocenters. The van der Waals surface area contributed by atoms with Crippen molar-refractivity contribution in [3.8, 4) is 11.5 Å². The number of hydrogen-bond donors (Lipinski definition) is 1. The van der Waals surface area contributed by atoms with Crippen molar-refractivity contribution in [2.45, 2.75) is 32.1 Å². The molecular weight excluding hydrogens is 450 g/mol. The highest BCUT2D eigenvalue weighted by Gasteiger charge is 2.47. The molecule has 6 nitrogen and oxygen atoms in total. The summed E-state index contributed by atoms with van der Waals surface area (Å²) >= 11 is 6.05. The normalized spacial score (nSPS) is 17.5. The van der Waals surface area contributed by atoms with E-state index in [2.05, 4.69) is 5.32 Å². The molecule has 0 unspecified atom stereocenters. The van der Waals surface area contributed by atoms with E-state index in [0.29, 0.717) is 29.6 Å². The van der Waals surface area contributed by atoms with E-state index in [1.165, 1.54) is 0 Å². The van der Waals surface area contributed by atoms with Crippen molar-refractivity contribution in [3.05, 3.63) is 107 Å². The molecule has 1 aliphatic rings. The number of fused-ring (bicyclic) bond motifs is 1. The molecule has 7 heteroatoms. The maximum atomic E-state index is 13.7. The van der Waals surface area contributed by atoms with E-state index in [1.54, 1.807) is 35.4 Å². The van der Waals surface area contributed by atoms with Crippen LogP contribution in [0.5, 0.6) is 0 Å². The van der Waals surface area contributed by atoms with Crippen molar-refractivity contribution in [2.24, 2.45) is 0 Å². The lowest BCUT2D eigenvalue weighted by atomic mass is 9.93. The van der Waals surface area contributed by atoms with Gasteiger partial charge in [0, 0.05) is 18.1 Å². The van der Waals surface area contributed by atoms with Gasteiger partial charge in [-0.25, -0.2) is 0 Å². The van der Waals surface area contributed by atoms with Crippen LogP contribution in [-0.2, 0) is 24.4 Å². The Morgan fingerprint density at radius 3 is 2.41 bits per heavy atom. The van der Waals surface area contributed by atoms with Gasteiger partial charge < -0.3 is 19.2 Å². The average Bonchev–Trinajstić information content (AvgIpc) is 3.52. The van der Waals surface area contributed by atoms with Gasteiger partial charge in [-0.05, 0) is 54.4 Å². The zero-order valence-corrected chi connectivity index (χ0v) is 19.5. The Bertz CT molecular complexity index is 1310. The molecule has 1 aliphatic heterocycles. The Kier molecular flexibility index (Phi) is 5.75. The van der Waals surface area contributed by atoms with Crippen LogP contribution in [0.15, 0.2) is 89.5 Å². The third-order valence-electron chi connectivity index (χ3n) is 6.32. The van der Waals surface area contributed by atoms with Crippen LogP contribution in [0, 0.1) is 0 Å². The van der Waals surface area contributed by atoms with Gasteiger partial charge in [-0.15, -0.1) is 0 Å². The number of rotatable bonds is 6. The minimum atomic E-state index is -1.13. The summed E-state index contributed by atoms with van der Waals surface area (Å²) in [5.74, 6) is 0.219. The van der Waals surface area contributed by atoms with E-state index in [0.717, 1.165) is 16.8 Å². The lowest BCUT2D eigenvalue weighted by molar-refractivity contribution is -0.133. The van der Waals surface area contributed by atoms with E-state index >= 15 is 0 Å². The Balaban J connectivity index is 1.51. The molecule has 172 valence electrons. The number of nitrogens with zero attached hydrogens (tertiary/aromatic N) is 2. The Labute approximate surface area is 202 Å². The van der Waals surface area contributed by atoms with Gasteiger partial charge in [0.2, 0.25) is 5.91 Å². The van der Waals surface area contributed by atoms with Crippen LogP contribution in [0.2, 0.25) is 5.02 Å². The van der Waals surface area contributed by atoms with Gasteiger partial charge >= 0.3 is 0 Å². The number of carbonyl (C=O) groups is 2. The zero-order chi connectivity index (χ0) is 23.7. The molecule has 1 N–H and O–H groups in total. The summed E-state index contributed by atoms with van der Waals surface area (Å²) in [5, 5.41) is 3.66. The fourth-order valence-corrected chi connectivity index (χ4v) is 4.53. The number of aromatic nitrogens is 1. The highest BCUT2D eigenvalue weighted by Crippen LogP contribution is 2.34. The van der Waals surface area contributed by atoms with Crippen LogP contribution >= 0.6 is 11.6 Å². The summed E-state index contributed by atoms with van der Waals surface area (Å²) in [5.41, 5.74) is 2.05. The fourth-order valence-electron chi connectivity index (χ4n) is 4.40. The van der Waals surface area contributed by atoms with Gasteiger partial charge in [-0.2, -0.15) is 0 Å². The molecule has 0 fully saturated rings. The molecule has 34 heavy (non-hydrogen) atoms. The van der Waals surface area contributed by atoms with Gasteiger partial charge in [0.25, 0.3) is 5.91 Å². The molecule has 0 aliphatic carbocycles. The second kappa shape index (κ2) is 8.88. The molecule has 3 heterocycles. The van der Waals surface area contributed by atoms with Gasteiger partial charge in [0.15, 0.2) is 0 Å². The van der Waals surface area contributed by atoms with Crippen LogP contribution in [0.25, 0.3) is 11.5 Å². The summed E-state index contributed by atoms with van der Waals surface area (Å²) in [4.78, 5) is 29.0. The largest absolute Gasteiger partial charge is 0.463 e. The number of benzene rings is 2. The number of nitrogens with one attached hydrogen (secondary N) is 1. The number of amides is 2. The second-order valence-electron chi connectivity index (χ2n) is 8.63. The fraction of sp³-hybridized carbons (Fsp3) is 0.185. The van der Waals surface area contributed by atoms with Crippen LogP contribution in [0.3, 0.4) is 0 Å². The monoisotopic (exact) mass is 473 g/mol. The van der Waals surface area contributed by atoms with Crippen LogP contribution in [0.4, 0.5) is 0 Å². The lowest BCUT2D eigenvalue weighted by Gasteiger charge is -2.44. The summed E-state index contributed by atoms with van der Waals surface area (Å²) < 4.78 is 7.46. The number of hydrogen-bond acceptors (Lipinski definition) is 3. The first-order valence-corrected chi connectivity index (χ1v) is 11.5. The molecule has 2 amide bonds. The molecule has 0 bridgehead atoms. The maximum Gasteiger partial charge on any atom is 0.271 e. The number of carbonyl (C=O) groups excluding carboxylic acids is 2. The first-order valence-electron chi connectivity index (χ1n) is 11.1. The van der Waals surface area contributed by atoms with Crippen LogP contribution in [-0.4, -0.2) is 26.8 Å². The molecule has 0 saturated carbocycles. The minimum absolute atomic E-state index is 0.212. The Morgan fingerprint density at radius 2 is 1.71 bits per heavy atom. The molecular formula is C27H24ClN3O3. The third-order valence-corrected chi connectivity index (χ3v) is 6.57. The standard InChI is InChI=1S/C27H24ClN3O3/c1-27(26(33)29-16-19-6-3-2-4-7-19)18-30-22(24-8-5-15-34-24)13-14-23(30)25(32)31(27)17-20-9-11-21(28)12-10-20/h2-15H,16-18H2,1H3,(H,29,33)/t27-/m1/s1. The Morgan fingerprint density at radius 1 is 0.971 bits per heavy atom. The van der Waals surface area contributed by atoms with E-state index < -0.39 is 5.54 Å². The molecule has 4 aromatic rings. The van der Waals surface area contributed by atoms with E-state index in [9.17, 15) is 9.59 Å². The van der Waals surface area contributed by atoms with E-state index in [-0.39, 0.29) is 18.4 Å². The maximum absolute atomic E-state index is 13.7. The second-order valence-corrected chi connectivity index (χ2v) is 9.06. The van der Waals surface area contributed by atoms with Crippen molar-refractivity contribution in [3.63, 3.8) is 0 Å². The van der Waals surface area contributed by atoms with Crippen molar-refractivity contribution in [2.75, 3.05) is 0 Å². The lowest BCUT2D eigenvalue weighted by Crippen LogP contribution is -2.63. The van der Waals surface area contributed by atoms with Crippen LogP contribution in [0.1, 0.15) is 28.5 Å². The minimum Gasteiger partial charge on any atom is -0.463 e. The van der Waals surface area contributed by atoms with Gasteiger partial charge in [-0.1, -0.05) is 54.1 Å². The molecule has 0 saturated heterocycles. The highest BCUT2D eigenvalue weighted by molar-refractivity contribution is 6.30. The predicted octanol–water partition coefficient (Wildman–Crippen LogP) is 5.13. The number of furan rings is 1. The summed E-state index contributed by atoms with van der Waals surface area (Å²) in [6.45, 7) is 2.77. The molecule has 2 aromatic heterocycles. The Hall–Kier alpha value is -3.77. The van der Waals surface area contributed by atoms with Crippen molar-refractivity contribution < 1.29 is 14.0 Å².